The average Bonchev–Trinajstić information content (AvgIpc) is 2.65. The van der Waals surface area contributed by atoms with Crippen molar-refractivity contribution in [2.24, 2.45) is 0 Å². The van der Waals surface area contributed by atoms with Crippen LogP contribution in [-0.4, -0.2) is 40.2 Å². The Morgan fingerprint density at radius 3 is 2.76 bits per heavy atom. The quantitative estimate of drug-likeness (QED) is 0.699. The van der Waals surface area contributed by atoms with Gasteiger partial charge in [0.1, 0.15) is 6.04 Å². The summed E-state index contributed by atoms with van der Waals surface area (Å²) in [5, 5.41) is 14.5. The Bertz CT molecular complexity index is 286. The van der Waals surface area contributed by atoms with Crippen LogP contribution in [0.2, 0.25) is 0 Å². The van der Waals surface area contributed by atoms with Crippen molar-refractivity contribution in [3.8, 4) is 0 Å². The number of carboxylic acids is 1. The second-order valence-electron chi connectivity index (χ2n) is 4.27. The lowest BCUT2D eigenvalue weighted by Crippen LogP contribution is -2.47. The highest BCUT2D eigenvalue weighted by molar-refractivity contribution is 7.99. The van der Waals surface area contributed by atoms with Crippen LogP contribution < -0.4 is 10.6 Å². The maximum Gasteiger partial charge on any atom is 0.325 e. The van der Waals surface area contributed by atoms with Crippen LogP contribution in [0.5, 0.6) is 0 Å². The number of thioether (sulfide) groups is 1. The summed E-state index contributed by atoms with van der Waals surface area (Å²) >= 11 is 1.92. The van der Waals surface area contributed by atoms with Crippen LogP contribution in [0.3, 0.4) is 0 Å². The van der Waals surface area contributed by atoms with E-state index in [0.29, 0.717) is 5.25 Å². The lowest BCUT2D eigenvalue weighted by Gasteiger charge is -2.15. The predicted molar refractivity (Wildman–Crippen MR) is 68.3 cm³/mol. The summed E-state index contributed by atoms with van der Waals surface area (Å²) in [5.41, 5.74) is 0. The van der Waals surface area contributed by atoms with E-state index in [9.17, 15) is 9.59 Å². The van der Waals surface area contributed by atoms with E-state index in [-0.39, 0.29) is 12.1 Å². The van der Waals surface area contributed by atoms with Gasteiger partial charge in [0.05, 0.1) is 0 Å². The van der Waals surface area contributed by atoms with E-state index in [0.717, 1.165) is 25.0 Å². The molecule has 1 saturated carbocycles. The summed E-state index contributed by atoms with van der Waals surface area (Å²) in [6, 6.07) is -1.05. The number of carbonyl (C=O) groups is 2. The maximum atomic E-state index is 11.5. The van der Waals surface area contributed by atoms with Crippen LogP contribution in [0.15, 0.2) is 0 Å². The van der Waals surface area contributed by atoms with E-state index in [1.165, 1.54) is 6.92 Å². The highest BCUT2D eigenvalue weighted by Gasteiger charge is 2.26. The zero-order chi connectivity index (χ0) is 12.8. The molecule has 2 unspecified atom stereocenters. The Morgan fingerprint density at radius 1 is 1.47 bits per heavy atom. The Balaban J connectivity index is 2.26. The topological polar surface area (TPSA) is 78.4 Å². The molecular weight excluding hydrogens is 240 g/mol. The summed E-state index contributed by atoms with van der Waals surface area (Å²) < 4.78 is 0. The Labute approximate surface area is 106 Å². The molecule has 0 aromatic carbocycles. The zero-order valence-corrected chi connectivity index (χ0v) is 11.0. The molecule has 98 valence electrons. The van der Waals surface area contributed by atoms with E-state index in [4.69, 9.17) is 5.11 Å². The van der Waals surface area contributed by atoms with Gasteiger partial charge in [0, 0.05) is 11.3 Å². The lowest BCUT2D eigenvalue weighted by molar-refractivity contribution is -0.138. The Morgan fingerprint density at radius 2 is 2.18 bits per heavy atom. The number of hydrogen-bond acceptors (Lipinski definition) is 3. The molecule has 1 aliphatic carbocycles. The molecule has 0 radical (unpaired) electrons. The molecule has 1 aliphatic rings. The molecule has 0 heterocycles. The highest BCUT2D eigenvalue weighted by Crippen LogP contribution is 2.29. The Hall–Kier alpha value is -0.910. The molecule has 1 rings (SSSR count). The summed E-state index contributed by atoms with van der Waals surface area (Å²) in [7, 11) is 0. The summed E-state index contributed by atoms with van der Waals surface area (Å²) in [4.78, 5) is 22.0. The number of nitrogens with one attached hydrogen (secondary N) is 2. The second kappa shape index (κ2) is 6.74. The van der Waals surface area contributed by atoms with Crippen molar-refractivity contribution in [2.75, 3.05) is 5.75 Å². The van der Waals surface area contributed by atoms with Gasteiger partial charge in [-0.2, -0.15) is 11.8 Å². The minimum atomic E-state index is -1.02. The maximum absolute atomic E-state index is 11.5. The minimum Gasteiger partial charge on any atom is -0.480 e. The first-order valence-corrected chi connectivity index (χ1v) is 6.99. The van der Waals surface area contributed by atoms with Gasteiger partial charge in [-0.05, 0) is 31.9 Å². The molecule has 0 aromatic rings. The number of aliphatic carboxylic acids is 1. The third kappa shape index (κ3) is 4.85. The number of amides is 2. The normalized spacial score (nSPS) is 25.3. The molecule has 3 atom stereocenters. The Kier molecular flexibility index (Phi) is 5.61. The first-order chi connectivity index (χ1) is 8.02. The molecule has 0 aromatic heterocycles. The van der Waals surface area contributed by atoms with Gasteiger partial charge in [0.25, 0.3) is 0 Å². The fourth-order valence-electron chi connectivity index (χ4n) is 1.94. The molecule has 6 heteroatoms. The molecule has 2 amide bonds. The van der Waals surface area contributed by atoms with Crippen molar-refractivity contribution < 1.29 is 14.7 Å². The molecule has 0 spiro atoms. The van der Waals surface area contributed by atoms with Gasteiger partial charge in [0.2, 0.25) is 0 Å². The van der Waals surface area contributed by atoms with Gasteiger partial charge in [-0.15, -0.1) is 0 Å². The largest absolute Gasteiger partial charge is 0.480 e. The zero-order valence-electron chi connectivity index (χ0n) is 10.2. The number of urea groups is 1. The van der Waals surface area contributed by atoms with E-state index < -0.39 is 12.0 Å². The summed E-state index contributed by atoms with van der Waals surface area (Å²) in [6.07, 6.45) is 3.08. The van der Waals surface area contributed by atoms with Gasteiger partial charge in [-0.3, -0.25) is 4.79 Å². The second-order valence-corrected chi connectivity index (χ2v) is 5.84. The average molecular weight is 260 g/mol. The summed E-state index contributed by atoms with van der Waals surface area (Å²) in [5.74, 6) is 0.0746. The van der Waals surface area contributed by atoms with Gasteiger partial charge in [-0.25, -0.2) is 4.79 Å². The van der Waals surface area contributed by atoms with Crippen molar-refractivity contribution in [3.05, 3.63) is 0 Å². The number of carbonyl (C=O) groups excluding carboxylic acids is 1. The highest BCUT2D eigenvalue weighted by atomic mass is 32.2. The minimum absolute atomic E-state index is 0.181. The molecule has 0 saturated heterocycles. The van der Waals surface area contributed by atoms with Crippen molar-refractivity contribution in [3.63, 3.8) is 0 Å². The first kappa shape index (κ1) is 14.2. The molecule has 3 N–H and O–H groups in total. The molecule has 0 aliphatic heterocycles. The van der Waals surface area contributed by atoms with Crippen LogP contribution in [0.1, 0.15) is 33.1 Å². The van der Waals surface area contributed by atoms with Gasteiger partial charge < -0.3 is 15.7 Å². The smallest absolute Gasteiger partial charge is 0.325 e. The number of rotatable bonds is 5. The van der Waals surface area contributed by atoms with Gasteiger partial charge in [0.15, 0.2) is 0 Å². The van der Waals surface area contributed by atoms with Crippen LogP contribution in [0.4, 0.5) is 4.79 Å². The van der Waals surface area contributed by atoms with Crippen LogP contribution in [0, 0.1) is 0 Å². The van der Waals surface area contributed by atoms with Crippen LogP contribution in [-0.2, 0) is 4.79 Å². The SMILES string of the molecule is CCSC1CCC(NC(=O)N[C@H](C)C(=O)O)C1. The fraction of sp³-hybridized carbons (Fsp3) is 0.818. The van der Waals surface area contributed by atoms with E-state index >= 15 is 0 Å². The van der Waals surface area contributed by atoms with Crippen molar-refractivity contribution in [2.45, 2.75) is 50.4 Å². The molecule has 17 heavy (non-hydrogen) atoms. The van der Waals surface area contributed by atoms with Crippen LogP contribution >= 0.6 is 11.8 Å². The number of carboxylic acid groups (broad SMARTS) is 1. The van der Waals surface area contributed by atoms with E-state index in [2.05, 4.69) is 17.6 Å². The van der Waals surface area contributed by atoms with Crippen molar-refractivity contribution in [1.82, 2.24) is 10.6 Å². The lowest BCUT2D eigenvalue weighted by atomic mass is 10.2. The van der Waals surface area contributed by atoms with E-state index in [1.54, 1.807) is 0 Å². The van der Waals surface area contributed by atoms with Gasteiger partial charge >= 0.3 is 12.0 Å². The molecular formula is C11H20N2O3S. The van der Waals surface area contributed by atoms with E-state index in [1.807, 2.05) is 11.8 Å². The molecule has 0 bridgehead atoms. The first-order valence-electron chi connectivity index (χ1n) is 5.94. The fourth-order valence-corrected chi connectivity index (χ4v) is 3.09. The predicted octanol–water partition coefficient (Wildman–Crippen LogP) is 1.43. The third-order valence-corrected chi connectivity index (χ3v) is 4.07. The molecule has 5 nitrogen and oxygen atoms in total. The van der Waals surface area contributed by atoms with Gasteiger partial charge in [-0.1, -0.05) is 6.92 Å². The van der Waals surface area contributed by atoms with Crippen molar-refractivity contribution >= 4 is 23.8 Å². The third-order valence-electron chi connectivity index (χ3n) is 2.84. The van der Waals surface area contributed by atoms with Crippen LogP contribution in [0.25, 0.3) is 0 Å². The number of hydrogen-bond donors (Lipinski definition) is 3. The monoisotopic (exact) mass is 260 g/mol. The molecule has 1 fully saturated rings. The summed E-state index contributed by atoms with van der Waals surface area (Å²) in [6.45, 7) is 3.58. The standard InChI is InChI=1S/C11H20N2O3S/c1-3-17-9-5-4-8(6-9)13-11(16)12-7(2)10(14)15/h7-9H,3-6H2,1-2H3,(H,14,15)(H2,12,13,16)/t7-,8?,9?/m1/s1. The van der Waals surface area contributed by atoms with Crippen molar-refractivity contribution in [1.29, 1.82) is 0 Å².